The Morgan fingerprint density at radius 1 is 1.35 bits per heavy atom. The number of fused-ring (bicyclic) bond motifs is 2. The van der Waals surface area contributed by atoms with Gasteiger partial charge >= 0.3 is 0 Å². The number of carbonyl (C=O) groups excluding carboxylic acids is 1. The number of aliphatic imine (C=N–C) groups is 1. The second-order valence-corrected chi connectivity index (χ2v) is 5.85. The van der Waals surface area contributed by atoms with Crippen LogP contribution in [0.3, 0.4) is 0 Å². The minimum Gasteiger partial charge on any atom is -0.403 e. The lowest BCUT2D eigenvalue weighted by atomic mass is 9.94. The van der Waals surface area contributed by atoms with Crippen molar-refractivity contribution in [3.05, 3.63) is 47.0 Å². The van der Waals surface area contributed by atoms with Gasteiger partial charge in [-0.2, -0.15) is 0 Å². The molecule has 1 heterocycles. The number of allylic oxidation sites excluding steroid dienone is 1. The Labute approximate surface area is 135 Å². The average Bonchev–Trinajstić information content (AvgIpc) is 2.52. The van der Waals surface area contributed by atoms with Crippen LogP contribution in [0.4, 0.5) is 4.39 Å². The van der Waals surface area contributed by atoms with Gasteiger partial charge in [-0.05, 0) is 36.6 Å². The van der Waals surface area contributed by atoms with Crippen LogP contribution in [0.1, 0.15) is 43.4 Å². The van der Waals surface area contributed by atoms with E-state index in [0.29, 0.717) is 29.8 Å². The summed E-state index contributed by atoms with van der Waals surface area (Å²) in [7, 11) is 1.57. The highest BCUT2D eigenvalue weighted by Crippen LogP contribution is 2.23. The van der Waals surface area contributed by atoms with E-state index in [9.17, 15) is 9.18 Å². The molecule has 0 saturated heterocycles. The molecule has 1 unspecified atom stereocenters. The molecule has 124 valence electrons. The van der Waals surface area contributed by atoms with E-state index >= 15 is 0 Å². The molecule has 0 radical (unpaired) electrons. The van der Waals surface area contributed by atoms with E-state index in [1.807, 2.05) is 6.92 Å². The first kappa shape index (κ1) is 17.1. The summed E-state index contributed by atoms with van der Waals surface area (Å²) < 4.78 is 14.0. The summed E-state index contributed by atoms with van der Waals surface area (Å²) in [6, 6.07) is 4.34. The Morgan fingerprint density at radius 2 is 2.09 bits per heavy atom. The van der Waals surface area contributed by atoms with E-state index in [1.165, 1.54) is 18.3 Å². The molecular weight excluding hydrogens is 295 g/mol. The first-order valence-electron chi connectivity index (χ1n) is 7.72. The lowest BCUT2D eigenvalue weighted by Crippen LogP contribution is -2.33. The Bertz CT molecular complexity index is 654. The standard InChI is InChI=1S/C17H23FN4O/c1-10-4-3-5-14(20)11-6-12(8-13(18)7-11)16(21-2)15(9-19)22-17(10)23/h6-10,14H,3-5,19-20H2,1-2H3,(H,22,23)/t10?,14-/m0/s1. The van der Waals surface area contributed by atoms with Crippen LogP contribution < -0.4 is 16.8 Å². The van der Waals surface area contributed by atoms with Crippen molar-refractivity contribution in [1.29, 1.82) is 0 Å². The molecule has 0 aromatic heterocycles. The Balaban J connectivity index is 2.54. The SMILES string of the molecule is CN=C1C(=CN)NC(=O)C(C)CCC[C@H](N)c2cc(F)cc1c2. The average molecular weight is 318 g/mol. The molecule has 2 rings (SSSR count). The Hall–Kier alpha value is -2.21. The molecule has 1 aliphatic rings. The van der Waals surface area contributed by atoms with Gasteiger partial charge in [0.25, 0.3) is 0 Å². The van der Waals surface area contributed by atoms with Crippen LogP contribution >= 0.6 is 0 Å². The van der Waals surface area contributed by atoms with Crippen molar-refractivity contribution in [3.63, 3.8) is 0 Å². The number of halogens is 1. The normalized spacial score (nSPS) is 26.5. The fourth-order valence-corrected chi connectivity index (χ4v) is 2.75. The maximum absolute atomic E-state index is 14.0. The smallest absolute Gasteiger partial charge is 0.227 e. The first-order valence-corrected chi connectivity index (χ1v) is 7.72. The molecule has 0 aliphatic carbocycles. The van der Waals surface area contributed by atoms with Crippen molar-refractivity contribution in [1.82, 2.24) is 5.32 Å². The highest BCUT2D eigenvalue weighted by molar-refractivity contribution is 6.14. The molecule has 0 spiro atoms. The van der Waals surface area contributed by atoms with E-state index in [-0.39, 0.29) is 23.7 Å². The number of rotatable bonds is 0. The first-order chi connectivity index (χ1) is 11.0. The van der Waals surface area contributed by atoms with Crippen LogP contribution in [0.15, 0.2) is 35.1 Å². The van der Waals surface area contributed by atoms with Gasteiger partial charge in [0, 0.05) is 30.8 Å². The molecule has 5 nitrogen and oxygen atoms in total. The topological polar surface area (TPSA) is 93.5 Å². The van der Waals surface area contributed by atoms with Crippen LogP contribution in [0, 0.1) is 11.7 Å². The fraction of sp³-hybridized carbons (Fsp3) is 0.412. The van der Waals surface area contributed by atoms with Crippen molar-refractivity contribution < 1.29 is 9.18 Å². The largest absolute Gasteiger partial charge is 0.403 e. The van der Waals surface area contributed by atoms with Crippen LogP contribution in [0.5, 0.6) is 0 Å². The summed E-state index contributed by atoms with van der Waals surface area (Å²) >= 11 is 0. The third-order valence-electron chi connectivity index (χ3n) is 4.12. The lowest BCUT2D eigenvalue weighted by Gasteiger charge is -2.20. The molecule has 2 bridgehead atoms. The van der Waals surface area contributed by atoms with Crippen LogP contribution in [-0.2, 0) is 4.79 Å². The Kier molecular flexibility index (Phi) is 5.50. The van der Waals surface area contributed by atoms with E-state index in [0.717, 1.165) is 12.0 Å². The molecule has 6 heteroatoms. The van der Waals surface area contributed by atoms with Gasteiger partial charge in [-0.1, -0.05) is 13.3 Å². The highest BCUT2D eigenvalue weighted by Gasteiger charge is 2.20. The number of amides is 1. The van der Waals surface area contributed by atoms with Gasteiger partial charge in [0.15, 0.2) is 0 Å². The second-order valence-electron chi connectivity index (χ2n) is 5.85. The number of hydrogen-bond acceptors (Lipinski definition) is 4. The number of nitrogens with zero attached hydrogens (tertiary/aromatic N) is 1. The number of carbonyl (C=O) groups is 1. The molecule has 5 N–H and O–H groups in total. The fourth-order valence-electron chi connectivity index (χ4n) is 2.75. The zero-order valence-electron chi connectivity index (χ0n) is 13.5. The third-order valence-corrected chi connectivity index (χ3v) is 4.12. The summed E-state index contributed by atoms with van der Waals surface area (Å²) in [4.78, 5) is 16.4. The zero-order chi connectivity index (χ0) is 17.0. The van der Waals surface area contributed by atoms with E-state index < -0.39 is 0 Å². The summed E-state index contributed by atoms with van der Waals surface area (Å²) in [5, 5.41) is 2.79. The molecule has 1 aromatic carbocycles. The van der Waals surface area contributed by atoms with Gasteiger partial charge in [0.1, 0.15) is 5.82 Å². The summed E-state index contributed by atoms with van der Waals surface area (Å²) in [6.07, 6.45) is 3.47. The molecule has 1 amide bonds. The van der Waals surface area contributed by atoms with E-state index in [4.69, 9.17) is 11.5 Å². The predicted octanol–water partition coefficient (Wildman–Crippen LogP) is 1.98. The second kappa shape index (κ2) is 7.37. The molecule has 23 heavy (non-hydrogen) atoms. The zero-order valence-corrected chi connectivity index (χ0v) is 13.5. The lowest BCUT2D eigenvalue weighted by molar-refractivity contribution is -0.123. The van der Waals surface area contributed by atoms with Crippen LogP contribution in [0.25, 0.3) is 0 Å². The van der Waals surface area contributed by atoms with Gasteiger partial charge in [0.05, 0.1) is 11.4 Å². The maximum Gasteiger partial charge on any atom is 0.227 e. The highest BCUT2D eigenvalue weighted by atomic mass is 19.1. The monoisotopic (exact) mass is 318 g/mol. The summed E-state index contributed by atoms with van der Waals surface area (Å²) in [5.41, 5.74) is 13.9. The van der Waals surface area contributed by atoms with E-state index in [2.05, 4.69) is 10.3 Å². The van der Waals surface area contributed by atoms with Crippen molar-refractivity contribution in [2.45, 2.75) is 32.2 Å². The molecule has 0 fully saturated rings. The molecule has 1 aromatic rings. The molecule has 2 atom stereocenters. The third kappa shape index (κ3) is 3.96. The summed E-state index contributed by atoms with van der Waals surface area (Å²) in [6.45, 7) is 1.86. The van der Waals surface area contributed by atoms with Gasteiger partial charge < -0.3 is 16.8 Å². The summed E-state index contributed by atoms with van der Waals surface area (Å²) in [5.74, 6) is -0.680. The quantitative estimate of drug-likeness (QED) is 0.683. The van der Waals surface area contributed by atoms with Gasteiger partial charge in [-0.3, -0.25) is 9.79 Å². The maximum atomic E-state index is 14.0. The van der Waals surface area contributed by atoms with Gasteiger partial charge in [-0.15, -0.1) is 0 Å². The van der Waals surface area contributed by atoms with Crippen molar-refractivity contribution in [3.8, 4) is 0 Å². The minimum absolute atomic E-state index is 0.131. The Morgan fingerprint density at radius 3 is 2.74 bits per heavy atom. The number of benzene rings is 1. The van der Waals surface area contributed by atoms with Crippen LogP contribution in [-0.4, -0.2) is 18.7 Å². The van der Waals surface area contributed by atoms with Gasteiger partial charge in [-0.25, -0.2) is 4.39 Å². The minimum atomic E-state index is -0.387. The predicted molar refractivity (Wildman–Crippen MR) is 89.2 cm³/mol. The van der Waals surface area contributed by atoms with Crippen molar-refractivity contribution >= 4 is 11.6 Å². The molecule has 1 aliphatic heterocycles. The number of nitrogens with one attached hydrogen (secondary N) is 1. The van der Waals surface area contributed by atoms with Gasteiger partial charge in [0.2, 0.25) is 5.91 Å². The number of nitrogens with two attached hydrogens (primary N) is 2. The number of hydrogen-bond donors (Lipinski definition) is 3. The van der Waals surface area contributed by atoms with E-state index in [1.54, 1.807) is 13.1 Å². The van der Waals surface area contributed by atoms with Crippen LogP contribution in [0.2, 0.25) is 0 Å². The van der Waals surface area contributed by atoms with Crippen molar-refractivity contribution in [2.75, 3.05) is 7.05 Å². The van der Waals surface area contributed by atoms with Crippen molar-refractivity contribution in [2.24, 2.45) is 22.4 Å². The molecule has 0 saturated carbocycles. The molecular formula is C17H23FN4O.